The second-order valence-electron chi connectivity index (χ2n) is 5.81. The van der Waals surface area contributed by atoms with E-state index < -0.39 is 11.9 Å². The summed E-state index contributed by atoms with van der Waals surface area (Å²) in [6.45, 7) is 3.94. The molecule has 118 valence electrons. The van der Waals surface area contributed by atoms with E-state index in [2.05, 4.69) is 0 Å². The fourth-order valence-electron chi connectivity index (χ4n) is 2.81. The molecule has 3 rings (SSSR count). The average molecular weight is 322 g/mol. The Hall–Kier alpha value is -1.89. The van der Waals surface area contributed by atoms with Gasteiger partial charge in [0.05, 0.1) is 16.7 Å². The number of aliphatic carboxylic acids is 1. The summed E-state index contributed by atoms with van der Waals surface area (Å²) < 4.78 is 0. The number of piperazine rings is 1. The normalized spacial score (nSPS) is 24.2. The molecule has 0 aromatic carbocycles. The zero-order valence-electron chi connectivity index (χ0n) is 12.3. The molecule has 2 heterocycles. The highest BCUT2D eigenvalue weighted by atomic mass is 32.1. The summed E-state index contributed by atoms with van der Waals surface area (Å²) >= 11 is 1.48. The minimum Gasteiger partial charge on any atom is -0.481 e. The lowest BCUT2D eigenvalue weighted by Gasteiger charge is -2.34. The Morgan fingerprint density at radius 2 is 1.73 bits per heavy atom. The van der Waals surface area contributed by atoms with Crippen molar-refractivity contribution in [1.29, 1.82) is 0 Å². The quantitative estimate of drug-likeness (QED) is 0.903. The minimum atomic E-state index is -0.889. The molecule has 6 nitrogen and oxygen atoms in total. The molecule has 0 radical (unpaired) electrons. The summed E-state index contributed by atoms with van der Waals surface area (Å²) in [5, 5.41) is 8.89. The molecule has 1 aliphatic heterocycles. The fourth-order valence-corrected chi connectivity index (χ4v) is 3.65. The highest BCUT2D eigenvalue weighted by Gasteiger charge is 2.50. The summed E-state index contributed by atoms with van der Waals surface area (Å²) in [5.74, 6) is -1.83. The predicted molar refractivity (Wildman–Crippen MR) is 80.8 cm³/mol. The van der Waals surface area contributed by atoms with E-state index in [1.165, 1.54) is 11.3 Å². The molecule has 1 aliphatic carbocycles. The maximum Gasteiger partial charge on any atom is 0.307 e. The second kappa shape index (κ2) is 5.72. The molecule has 0 bridgehead atoms. The first-order valence-electron chi connectivity index (χ1n) is 7.34. The van der Waals surface area contributed by atoms with Crippen molar-refractivity contribution < 1.29 is 19.5 Å². The summed E-state index contributed by atoms with van der Waals surface area (Å²) in [4.78, 5) is 40.6. The summed E-state index contributed by atoms with van der Waals surface area (Å²) in [5.41, 5.74) is 0. The van der Waals surface area contributed by atoms with Gasteiger partial charge in [-0.25, -0.2) is 0 Å². The van der Waals surface area contributed by atoms with Gasteiger partial charge in [0.15, 0.2) is 0 Å². The Balaban J connectivity index is 1.53. The van der Waals surface area contributed by atoms with Crippen LogP contribution in [0, 0.1) is 18.8 Å². The number of hydrogen-bond acceptors (Lipinski definition) is 4. The molecule has 2 fully saturated rings. The van der Waals surface area contributed by atoms with Crippen molar-refractivity contribution in [1.82, 2.24) is 9.80 Å². The van der Waals surface area contributed by atoms with E-state index in [1.807, 2.05) is 19.1 Å². The van der Waals surface area contributed by atoms with E-state index in [9.17, 15) is 14.4 Å². The number of nitrogens with zero attached hydrogens (tertiary/aromatic N) is 2. The van der Waals surface area contributed by atoms with Crippen LogP contribution in [-0.2, 0) is 9.59 Å². The predicted octanol–water partition coefficient (Wildman–Crippen LogP) is 1.06. The number of carboxylic acids is 1. The van der Waals surface area contributed by atoms with Crippen molar-refractivity contribution in [2.24, 2.45) is 11.8 Å². The molecule has 2 atom stereocenters. The maximum absolute atomic E-state index is 12.3. The van der Waals surface area contributed by atoms with Gasteiger partial charge in [0.25, 0.3) is 5.91 Å². The molecule has 2 aliphatic rings. The highest BCUT2D eigenvalue weighted by molar-refractivity contribution is 7.13. The molecular formula is C15H18N2O4S. The number of aryl methyl sites for hydroxylation is 1. The van der Waals surface area contributed by atoms with Gasteiger partial charge >= 0.3 is 5.97 Å². The summed E-state index contributed by atoms with van der Waals surface area (Å²) in [6.07, 6.45) is 0.446. The standard InChI is InChI=1S/C15H18N2O4S/c1-9-2-3-12(22-9)14(19)17-6-4-16(5-7-17)13(18)10-8-11(10)15(20)21/h2-3,10-11H,4-8H2,1H3,(H,20,21). The third kappa shape index (κ3) is 2.85. The van der Waals surface area contributed by atoms with Gasteiger partial charge in [-0.3, -0.25) is 14.4 Å². The third-order valence-electron chi connectivity index (χ3n) is 4.25. The summed E-state index contributed by atoms with van der Waals surface area (Å²) in [7, 11) is 0. The topological polar surface area (TPSA) is 77.9 Å². The van der Waals surface area contributed by atoms with Crippen molar-refractivity contribution in [3.8, 4) is 0 Å². The molecule has 1 saturated carbocycles. The Morgan fingerprint density at radius 3 is 2.23 bits per heavy atom. The van der Waals surface area contributed by atoms with Crippen LogP contribution in [-0.4, -0.2) is 58.9 Å². The molecule has 1 aromatic rings. The number of rotatable bonds is 3. The van der Waals surface area contributed by atoms with E-state index in [0.29, 0.717) is 32.6 Å². The van der Waals surface area contributed by atoms with Crippen LogP contribution in [0.1, 0.15) is 21.0 Å². The van der Waals surface area contributed by atoms with Crippen LogP contribution < -0.4 is 0 Å². The monoisotopic (exact) mass is 322 g/mol. The number of carbonyl (C=O) groups is 3. The minimum absolute atomic E-state index is 0.0139. The Morgan fingerprint density at radius 1 is 1.09 bits per heavy atom. The van der Waals surface area contributed by atoms with E-state index in [4.69, 9.17) is 5.11 Å². The second-order valence-corrected chi connectivity index (χ2v) is 7.10. The molecular weight excluding hydrogens is 304 g/mol. The van der Waals surface area contributed by atoms with Crippen molar-refractivity contribution in [2.45, 2.75) is 13.3 Å². The Labute approximate surface area is 132 Å². The van der Waals surface area contributed by atoms with E-state index in [1.54, 1.807) is 9.80 Å². The molecule has 1 N–H and O–H groups in total. The number of carbonyl (C=O) groups excluding carboxylic acids is 2. The van der Waals surface area contributed by atoms with Crippen molar-refractivity contribution in [2.75, 3.05) is 26.2 Å². The van der Waals surface area contributed by atoms with Crippen LogP contribution in [0.2, 0.25) is 0 Å². The van der Waals surface area contributed by atoms with Crippen LogP contribution in [0.5, 0.6) is 0 Å². The van der Waals surface area contributed by atoms with Gasteiger partial charge in [0.1, 0.15) is 0 Å². The first-order chi connectivity index (χ1) is 10.5. The van der Waals surface area contributed by atoms with Crippen LogP contribution >= 0.6 is 11.3 Å². The van der Waals surface area contributed by atoms with Crippen LogP contribution in [0.3, 0.4) is 0 Å². The number of amides is 2. The Kier molecular flexibility index (Phi) is 3.90. The van der Waals surface area contributed by atoms with E-state index in [0.717, 1.165) is 9.75 Å². The number of thiophene rings is 1. The zero-order chi connectivity index (χ0) is 15.9. The average Bonchev–Trinajstić information content (AvgIpc) is 3.21. The van der Waals surface area contributed by atoms with Crippen molar-refractivity contribution in [3.63, 3.8) is 0 Å². The number of carboxylic acid groups (broad SMARTS) is 1. The largest absolute Gasteiger partial charge is 0.481 e. The third-order valence-corrected chi connectivity index (χ3v) is 5.24. The maximum atomic E-state index is 12.3. The van der Waals surface area contributed by atoms with Gasteiger partial charge in [-0.1, -0.05) is 0 Å². The fraction of sp³-hybridized carbons (Fsp3) is 0.533. The zero-order valence-corrected chi connectivity index (χ0v) is 13.1. The van der Waals surface area contributed by atoms with Gasteiger partial charge in [-0.15, -0.1) is 11.3 Å². The molecule has 22 heavy (non-hydrogen) atoms. The van der Waals surface area contributed by atoms with Crippen LogP contribution in [0.15, 0.2) is 12.1 Å². The molecule has 2 unspecified atom stereocenters. The lowest BCUT2D eigenvalue weighted by Crippen LogP contribution is -2.51. The number of hydrogen-bond donors (Lipinski definition) is 1. The Bertz CT molecular complexity index is 619. The first-order valence-corrected chi connectivity index (χ1v) is 8.16. The van der Waals surface area contributed by atoms with Gasteiger partial charge < -0.3 is 14.9 Å². The van der Waals surface area contributed by atoms with Gasteiger partial charge in [-0.2, -0.15) is 0 Å². The van der Waals surface area contributed by atoms with Gasteiger partial charge in [0.2, 0.25) is 5.91 Å². The van der Waals surface area contributed by atoms with Crippen LogP contribution in [0.4, 0.5) is 0 Å². The molecule has 1 saturated heterocycles. The SMILES string of the molecule is Cc1ccc(C(=O)N2CCN(C(=O)C3CC3C(=O)O)CC2)s1. The van der Waals surface area contributed by atoms with Crippen molar-refractivity contribution in [3.05, 3.63) is 21.9 Å². The molecule has 0 spiro atoms. The summed E-state index contributed by atoms with van der Waals surface area (Å²) in [6, 6.07) is 3.76. The van der Waals surface area contributed by atoms with Gasteiger partial charge in [0, 0.05) is 31.1 Å². The van der Waals surface area contributed by atoms with E-state index in [-0.39, 0.29) is 17.7 Å². The molecule has 7 heteroatoms. The smallest absolute Gasteiger partial charge is 0.307 e. The molecule has 2 amide bonds. The lowest BCUT2D eigenvalue weighted by molar-refractivity contribution is -0.142. The molecule has 1 aromatic heterocycles. The van der Waals surface area contributed by atoms with Crippen molar-refractivity contribution >= 4 is 29.1 Å². The first kappa shape index (κ1) is 15.0. The lowest BCUT2D eigenvalue weighted by atomic mass is 10.2. The van der Waals surface area contributed by atoms with E-state index >= 15 is 0 Å². The van der Waals surface area contributed by atoms with Gasteiger partial charge in [-0.05, 0) is 25.5 Å². The van der Waals surface area contributed by atoms with Crippen LogP contribution in [0.25, 0.3) is 0 Å². The highest BCUT2D eigenvalue weighted by Crippen LogP contribution is 2.40.